The highest BCUT2D eigenvalue weighted by Crippen LogP contribution is 2.22. The molecule has 2 saturated heterocycles. The van der Waals surface area contributed by atoms with Gasteiger partial charge in [-0.1, -0.05) is 5.21 Å². The fourth-order valence-corrected chi connectivity index (χ4v) is 2.96. The molecule has 21 heavy (non-hydrogen) atoms. The first-order valence-electron chi connectivity index (χ1n) is 7.10. The van der Waals surface area contributed by atoms with Gasteiger partial charge in [0, 0.05) is 38.6 Å². The summed E-state index contributed by atoms with van der Waals surface area (Å²) in [6.07, 6.45) is 3.22. The molecule has 3 heterocycles. The number of nitrogens with one attached hydrogen (secondary N) is 1. The quantitative estimate of drug-likeness (QED) is 0.385. The van der Waals surface area contributed by atoms with Gasteiger partial charge in [0.25, 0.3) is 5.91 Å². The minimum absolute atomic E-state index is 0.212. The van der Waals surface area contributed by atoms with E-state index in [1.54, 1.807) is 10.9 Å². The number of amides is 2. The van der Waals surface area contributed by atoms with Crippen molar-refractivity contribution in [3.63, 3.8) is 0 Å². The summed E-state index contributed by atoms with van der Waals surface area (Å²) in [5.41, 5.74) is 2.24. The Morgan fingerprint density at radius 1 is 1.43 bits per heavy atom. The summed E-state index contributed by atoms with van der Waals surface area (Å²) >= 11 is 0. The van der Waals surface area contributed by atoms with Gasteiger partial charge < -0.3 is 4.90 Å². The van der Waals surface area contributed by atoms with E-state index in [-0.39, 0.29) is 11.6 Å². The lowest BCUT2D eigenvalue weighted by Gasteiger charge is -2.37. The van der Waals surface area contributed by atoms with Gasteiger partial charge in [-0.05, 0) is 6.42 Å². The summed E-state index contributed by atoms with van der Waals surface area (Å²) in [4.78, 5) is 27.2. The molecule has 0 radical (unpaired) electrons. The normalized spacial score (nSPS) is 22.4. The standard InChI is InChI=1S/C12H19N7O2/c13-14-12(21)10-8-18(16-15-10)5-3-17-4-6-19-9(7-17)1-2-11(19)20/h8-9H,1-7,13H2,(H,14,21). The first kappa shape index (κ1) is 14.0. The lowest BCUT2D eigenvalue weighted by Crippen LogP contribution is -2.51. The van der Waals surface area contributed by atoms with Crippen LogP contribution in [-0.2, 0) is 11.3 Å². The van der Waals surface area contributed by atoms with Crippen molar-refractivity contribution in [2.75, 3.05) is 26.2 Å². The smallest absolute Gasteiger partial charge is 0.287 e. The maximum atomic E-state index is 11.6. The molecule has 9 nitrogen and oxygen atoms in total. The van der Waals surface area contributed by atoms with Crippen molar-refractivity contribution in [1.82, 2.24) is 30.2 Å². The van der Waals surface area contributed by atoms with Crippen LogP contribution < -0.4 is 11.3 Å². The Hall–Kier alpha value is -2.00. The molecule has 0 aromatic carbocycles. The SMILES string of the molecule is NNC(=O)c1cn(CCN2CCN3C(=O)CCC3C2)nn1. The molecule has 3 rings (SSSR count). The van der Waals surface area contributed by atoms with Crippen LogP contribution in [0.4, 0.5) is 0 Å². The first-order valence-corrected chi connectivity index (χ1v) is 7.10. The Balaban J connectivity index is 1.51. The average molecular weight is 293 g/mol. The molecule has 1 atom stereocenters. The number of hydrazine groups is 1. The second kappa shape index (κ2) is 5.78. The van der Waals surface area contributed by atoms with Crippen LogP contribution in [0.2, 0.25) is 0 Å². The number of aromatic nitrogens is 3. The van der Waals surface area contributed by atoms with Crippen LogP contribution in [0.3, 0.4) is 0 Å². The number of nitrogens with zero attached hydrogens (tertiary/aromatic N) is 5. The van der Waals surface area contributed by atoms with Gasteiger partial charge in [0.1, 0.15) is 0 Å². The van der Waals surface area contributed by atoms with Gasteiger partial charge >= 0.3 is 0 Å². The zero-order chi connectivity index (χ0) is 14.8. The minimum Gasteiger partial charge on any atom is -0.337 e. The van der Waals surface area contributed by atoms with Gasteiger partial charge in [-0.15, -0.1) is 5.10 Å². The summed E-state index contributed by atoms with van der Waals surface area (Å²) < 4.78 is 1.64. The second-order valence-electron chi connectivity index (χ2n) is 5.42. The summed E-state index contributed by atoms with van der Waals surface area (Å²) in [6.45, 7) is 4.09. The van der Waals surface area contributed by atoms with Crippen molar-refractivity contribution in [3.05, 3.63) is 11.9 Å². The van der Waals surface area contributed by atoms with Gasteiger partial charge in [-0.2, -0.15) is 0 Å². The number of hydrogen-bond donors (Lipinski definition) is 2. The maximum Gasteiger partial charge on any atom is 0.287 e. The van der Waals surface area contributed by atoms with Gasteiger partial charge in [0.05, 0.1) is 12.7 Å². The van der Waals surface area contributed by atoms with Crippen LogP contribution in [0.5, 0.6) is 0 Å². The number of carbonyl (C=O) groups excluding carboxylic acids is 2. The molecule has 0 bridgehead atoms. The highest BCUT2D eigenvalue weighted by molar-refractivity contribution is 5.91. The molecule has 114 valence electrons. The van der Waals surface area contributed by atoms with E-state index in [9.17, 15) is 9.59 Å². The lowest BCUT2D eigenvalue weighted by molar-refractivity contribution is -0.130. The van der Waals surface area contributed by atoms with E-state index >= 15 is 0 Å². The van der Waals surface area contributed by atoms with E-state index in [2.05, 4.69) is 15.2 Å². The van der Waals surface area contributed by atoms with Crippen LogP contribution >= 0.6 is 0 Å². The maximum absolute atomic E-state index is 11.6. The van der Waals surface area contributed by atoms with Crippen LogP contribution in [-0.4, -0.2) is 68.8 Å². The van der Waals surface area contributed by atoms with Gasteiger partial charge in [0.2, 0.25) is 5.91 Å². The fraction of sp³-hybridized carbons (Fsp3) is 0.667. The van der Waals surface area contributed by atoms with E-state index in [4.69, 9.17) is 5.84 Å². The van der Waals surface area contributed by atoms with Crippen molar-refractivity contribution in [2.45, 2.75) is 25.4 Å². The van der Waals surface area contributed by atoms with Crippen molar-refractivity contribution < 1.29 is 9.59 Å². The molecule has 1 unspecified atom stereocenters. The number of nitrogens with two attached hydrogens (primary N) is 1. The third kappa shape index (κ3) is 2.88. The highest BCUT2D eigenvalue weighted by Gasteiger charge is 2.35. The molecule has 0 aliphatic carbocycles. The number of fused-ring (bicyclic) bond motifs is 1. The second-order valence-corrected chi connectivity index (χ2v) is 5.42. The van der Waals surface area contributed by atoms with E-state index in [1.807, 2.05) is 10.3 Å². The van der Waals surface area contributed by atoms with Crippen molar-refractivity contribution in [2.24, 2.45) is 5.84 Å². The Morgan fingerprint density at radius 3 is 3.10 bits per heavy atom. The molecule has 2 fully saturated rings. The highest BCUT2D eigenvalue weighted by atomic mass is 16.2. The third-order valence-electron chi connectivity index (χ3n) is 4.13. The number of piperazine rings is 1. The largest absolute Gasteiger partial charge is 0.337 e. The monoisotopic (exact) mass is 293 g/mol. The van der Waals surface area contributed by atoms with Crippen molar-refractivity contribution in [3.8, 4) is 0 Å². The Morgan fingerprint density at radius 2 is 2.29 bits per heavy atom. The molecule has 3 N–H and O–H groups in total. The summed E-state index contributed by atoms with van der Waals surface area (Å²) in [7, 11) is 0. The van der Waals surface area contributed by atoms with Crippen molar-refractivity contribution >= 4 is 11.8 Å². The van der Waals surface area contributed by atoms with E-state index in [0.29, 0.717) is 19.0 Å². The molecular formula is C12H19N7O2. The van der Waals surface area contributed by atoms with Crippen LogP contribution in [0.25, 0.3) is 0 Å². The minimum atomic E-state index is -0.445. The summed E-state index contributed by atoms with van der Waals surface area (Å²) in [5.74, 6) is 4.89. The zero-order valence-corrected chi connectivity index (χ0v) is 11.7. The van der Waals surface area contributed by atoms with Crippen LogP contribution in [0.15, 0.2) is 6.20 Å². The van der Waals surface area contributed by atoms with E-state index in [0.717, 1.165) is 32.6 Å². The van der Waals surface area contributed by atoms with Gasteiger partial charge in [-0.3, -0.25) is 24.6 Å². The number of nitrogen functional groups attached to an aromatic ring is 1. The topological polar surface area (TPSA) is 109 Å². The third-order valence-corrected chi connectivity index (χ3v) is 4.13. The molecule has 9 heteroatoms. The van der Waals surface area contributed by atoms with E-state index < -0.39 is 5.91 Å². The Kier molecular flexibility index (Phi) is 3.84. The van der Waals surface area contributed by atoms with Crippen LogP contribution in [0, 0.1) is 0 Å². The molecule has 2 amide bonds. The molecule has 1 aromatic heterocycles. The first-order chi connectivity index (χ1) is 10.2. The molecule has 0 saturated carbocycles. The predicted octanol–water partition coefficient (Wildman–Crippen LogP) is -1.81. The molecule has 2 aliphatic rings. The zero-order valence-electron chi connectivity index (χ0n) is 11.7. The Bertz CT molecular complexity index is 543. The fourth-order valence-electron chi connectivity index (χ4n) is 2.96. The summed E-state index contributed by atoms with van der Waals surface area (Å²) in [5, 5.41) is 7.67. The molecular weight excluding hydrogens is 274 g/mol. The Labute approximate surface area is 122 Å². The number of carbonyl (C=O) groups is 2. The molecule has 0 spiro atoms. The van der Waals surface area contributed by atoms with Crippen LogP contribution in [0.1, 0.15) is 23.3 Å². The van der Waals surface area contributed by atoms with Gasteiger partial charge in [0.15, 0.2) is 5.69 Å². The lowest BCUT2D eigenvalue weighted by atomic mass is 10.1. The number of hydrogen-bond acceptors (Lipinski definition) is 6. The average Bonchev–Trinajstić information content (AvgIpc) is 3.12. The molecule has 2 aliphatic heterocycles. The molecule has 1 aromatic rings. The summed E-state index contributed by atoms with van der Waals surface area (Å²) in [6, 6.07) is 0.362. The van der Waals surface area contributed by atoms with Crippen molar-refractivity contribution in [1.29, 1.82) is 0 Å². The van der Waals surface area contributed by atoms with E-state index in [1.165, 1.54) is 0 Å². The van der Waals surface area contributed by atoms with Gasteiger partial charge in [-0.25, -0.2) is 5.84 Å². The predicted molar refractivity (Wildman–Crippen MR) is 72.9 cm³/mol. The number of rotatable bonds is 4.